The molecule has 27 heavy (non-hydrogen) atoms. The van der Waals surface area contributed by atoms with Crippen molar-refractivity contribution < 1.29 is 14.3 Å². The Morgan fingerprint density at radius 3 is 2.30 bits per heavy atom. The Labute approximate surface area is 159 Å². The van der Waals surface area contributed by atoms with Crippen LogP contribution < -0.4 is 15.5 Å². The summed E-state index contributed by atoms with van der Waals surface area (Å²) in [5.74, 6) is -0.294. The standard InChI is InChI=1S/C21H25N3O3/c1-15(2)22-20(25)16-7-9-17(10-8-16)23-21(26)18-5-3-4-6-19(18)24-11-13-27-14-12-24/h3-10,15H,11-14H2,1-2H3,(H,22,25)(H,23,26). The Morgan fingerprint density at radius 1 is 0.963 bits per heavy atom. The Kier molecular flexibility index (Phi) is 6.08. The quantitative estimate of drug-likeness (QED) is 0.852. The number of carbonyl (C=O) groups excluding carboxylic acids is 2. The maximum Gasteiger partial charge on any atom is 0.257 e. The van der Waals surface area contributed by atoms with E-state index in [0.717, 1.165) is 18.8 Å². The van der Waals surface area contributed by atoms with Crippen molar-refractivity contribution in [3.63, 3.8) is 0 Å². The minimum atomic E-state index is -0.170. The fraction of sp³-hybridized carbons (Fsp3) is 0.333. The van der Waals surface area contributed by atoms with E-state index < -0.39 is 0 Å². The van der Waals surface area contributed by atoms with Gasteiger partial charge >= 0.3 is 0 Å². The lowest BCUT2D eigenvalue weighted by molar-refractivity contribution is 0.0942. The molecule has 0 saturated carbocycles. The fourth-order valence-electron chi connectivity index (χ4n) is 2.99. The van der Waals surface area contributed by atoms with Crippen LogP contribution in [0.5, 0.6) is 0 Å². The minimum absolute atomic E-state index is 0.0774. The predicted octanol–water partition coefficient (Wildman–Crippen LogP) is 2.91. The average Bonchev–Trinajstić information content (AvgIpc) is 2.68. The molecule has 1 aliphatic rings. The number of anilines is 2. The molecule has 1 aliphatic heterocycles. The van der Waals surface area contributed by atoms with Crippen molar-refractivity contribution in [3.05, 3.63) is 59.7 Å². The first-order chi connectivity index (χ1) is 13.0. The highest BCUT2D eigenvalue weighted by atomic mass is 16.5. The zero-order chi connectivity index (χ0) is 19.2. The normalized spacial score (nSPS) is 14.1. The van der Waals surface area contributed by atoms with Gasteiger partial charge in [0.15, 0.2) is 0 Å². The first kappa shape index (κ1) is 18.9. The molecule has 2 N–H and O–H groups in total. The van der Waals surface area contributed by atoms with Crippen LogP contribution >= 0.6 is 0 Å². The van der Waals surface area contributed by atoms with E-state index in [2.05, 4.69) is 15.5 Å². The van der Waals surface area contributed by atoms with Crippen LogP contribution in [-0.4, -0.2) is 44.2 Å². The molecule has 0 unspecified atom stereocenters. The van der Waals surface area contributed by atoms with Gasteiger partial charge in [-0.15, -0.1) is 0 Å². The van der Waals surface area contributed by atoms with E-state index in [9.17, 15) is 9.59 Å². The lowest BCUT2D eigenvalue weighted by atomic mass is 10.1. The lowest BCUT2D eigenvalue weighted by Gasteiger charge is -2.30. The van der Waals surface area contributed by atoms with Gasteiger partial charge < -0.3 is 20.3 Å². The number of hydrogen-bond acceptors (Lipinski definition) is 4. The maximum absolute atomic E-state index is 12.8. The molecular weight excluding hydrogens is 342 g/mol. The van der Waals surface area contributed by atoms with E-state index in [4.69, 9.17) is 4.74 Å². The number of rotatable bonds is 5. The minimum Gasteiger partial charge on any atom is -0.378 e. The van der Waals surface area contributed by atoms with Gasteiger partial charge in [0, 0.05) is 36.1 Å². The number of amides is 2. The first-order valence-corrected chi connectivity index (χ1v) is 9.18. The van der Waals surface area contributed by atoms with Crippen molar-refractivity contribution in [1.82, 2.24) is 5.32 Å². The SMILES string of the molecule is CC(C)NC(=O)c1ccc(NC(=O)c2ccccc2N2CCOCC2)cc1. The molecule has 1 saturated heterocycles. The summed E-state index contributed by atoms with van der Waals surface area (Å²) in [6, 6.07) is 14.6. The highest BCUT2D eigenvalue weighted by Gasteiger charge is 2.18. The van der Waals surface area contributed by atoms with E-state index >= 15 is 0 Å². The Balaban J connectivity index is 1.71. The van der Waals surface area contributed by atoms with Gasteiger partial charge in [-0.3, -0.25) is 9.59 Å². The van der Waals surface area contributed by atoms with Crippen molar-refractivity contribution in [2.24, 2.45) is 0 Å². The second-order valence-corrected chi connectivity index (χ2v) is 6.78. The number of carbonyl (C=O) groups is 2. The molecule has 3 rings (SSSR count). The molecule has 0 spiro atoms. The van der Waals surface area contributed by atoms with Crippen LogP contribution in [0.3, 0.4) is 0 Å². The van der Waals surface area contributed by atoms with Gasteiger partial charge in [-0.25, -0.2) is 0 Å². The van der Waals surface area contributed by atoms with Crippen molar-refractivity contribution in [1.29, 1.82) is 0 Å². The van der Waals surface area contributed by atoms with Gasteiger partial charge in [-0.2, -0.15) is 0 Å². The molecular formula is C21H25N3O3. The molecule has 1 heterocycles. The van der Waals surface area contributed by atoms with Crippen LogP contribution in [0.2, 0.25) is 0 Å². The zero-order valence-electron chi connectivity index (χ0n) is 15.7. The largest absolute Gasteiger partial charge is 0.378 e. The van der Waals surface area contributed by atoms with Gasteiger partial charge in [-0.05, 0) is 50.2 Å². The zero-order valence-corrected chi connectivity index (χ0v) is 15.7. The van der Waals surface area contributed by atoms with Crippen LogP contribution in [0.4, 0.5) is 11.4 Å². The number of morpholine rings is 1. The average molecular weight is 367 g/mol. The molecule has 1 fully saturated rings. The Morgan fingerprint density at radius 2 is 1.63 bits per heavy atom. The van der Waals surface area contributed by atoms with E-state index in [0.29, 0.717) is 30.0 Å². The molecule has 0 bridgehead atoms. The number of ether oxygens (including phenoxy) is 1. The van der Waals surface area contributed by atoms with E-state index in [1.54, 1.807) is 24.3 Å². The van der Waals surface area contributed by atoms with E-state index in [-0.39, 0.29) is 17.9 Å². The highest BCUT2D eigenvalue weighted by molar-refractivity contribution is 6.08. The van der Waals surface area contributed by atoms with Gasteiger partial charge in [0.05, 0.1) is 18.8 Å². The summed E-state index contributed by atoms with van der Waals surface area (Å²) < 4.78 is 5.40. The molecule has 6 nitrogen and oxygen atoms in total. The number of para-hydroxylation sites is 1. The predicted molar refractivity (Wildman–Crippen MR) is 106 cm³/mol. The summed E-state index contributed by atoms with van der Waals surface area (Å²) in [6.45, 7) is 6.69. The maximum atomic E-state index is 12.8. The topological polar surface area (TPSA) is 70.7 Å². The monoisotopic (exact) mass is 367 g/mol. The van der Waals surface area contributed by atoms with Crippen LogP contribution in [0.25, 0.3) is 0 Å². The van der Waals surface area contributed by atoms with Crippen molar-refractivity contribution in [2.75, 3.05) is 36.5 Å². The van der Waals surface area contributed by atoms with Crippen LogP contribution in [0, 0.1) is 0 Å². The second-order valence-electron chi connectivity index (χ2n) is 6.78. The number of benzene rings is 2. The smallest absolute Gasteiger partial charge is 0.257 e. The van der Waals surface area contributed by atoms with E-state index in [1.165, 1.54) is 0 Å². The molecule has 2 aromatic carbocycles. The third-order valence-corrected chi connectivity index (χ3v) is 4.33. The third kappa shape index (κ3) is 4.86. The van der Waals surface area contributed by atoms with Gasteiger partial charge in [0.2, 0.25) is 0 Å². The summed E-state index contributed by atoms with van der Waals surface area (Å²) in [4.78, 5) is 27.0. The van der Waals surface area contributed by atoms with Crippen molar-refractivity contribution in [2.45, 2.75) is 19.9 Å². The van der Waals surface area contributed by atoms with Gasteiger partial charge in [0.25, 0.3) is 11.8 Å². The highest BCUT2D eigenvalue weighted by Crippen LogP contribution is 2.23. The molecule has 0 radical (unpaired) electrons. The number of nitrogens with zero attached hydrogens (tertiary/aromatic N) is 1. The summed E-state index contributed by atoms with van der Waals surface area (Å²) in [5, 5.41) is 5.76. The first-order valence-electron chi connectivity index (χ1n) is 9.18. The Bertz CT molecular complexity index is 797. The molecule has 0 atom stereocenters. The number of nitrogens with one attached hydrogen (secondary N) is 2. The summed E-state index contributed by atoms with van der Waals surface area (Å²) in [7, 11) is 0. The van der Waals surface area contributed by atoms with Crippen molar-refractivity contribution in [3.8, 4) is 0 Å². The number of hydrogen-bond donors (Lipinski definition) is 2. The lowest BCUT2D eigenvalue weighted by Crippen LogP contribution is -2.37. The molecule has 0 aliphatic carbocycles. The van der Waals surface area contributed by atoms with E-state index in [1.807, 2.05) is 38.1 Å². The van der Waals surface area contributed by atoms with Gasteiger partial charge in [-0.1, -0.05) is 12.1 Å². The van der Waals surface area contributed by atoms with Crippen LogP contribution in [0.15, 0.2) is 48.5 Å². The van der Waals surface area contributed by atoms with Gasteiger partial charge in [0.1, 0.15) is 0 Å². The fourth-order valence-corrected chi connectivity index (χ4v) is 2.99. The summed E-state index contributed by atoms with van der Waals surface area (Å²) in [6.07, 6.45) is 0. The Hall–Kier alpha value is -2.86. The molecule has 6 heteroatoms. The molecule has 2 aromatic rings. The third-order valence-electron chi connectivity index (χ3n) is 4.33. The van der Waals surface area contributed by atoms with Crippen LogP contribution in [0.1, 0.15) is 34.6 Å². The molecule has 2 amide bonds. The summed E-state index contributed by atoms with van der Waals surface area (Å²) in [5.41, 5.74) is 2.75. The van der Waals surface area contributed by atoms with Crippen molar-refractivity contribution >= 4 is 23.2 Å². The second kappa shape index (κ2) is 8.68. The summed E-state index contributed by atoms with van der Waals surface area (Å²) >= 11 is 0. The van der Waals surface area contributed by atoms with Crippen LogP contribution in [-0.2, 0) is 4.74 Å². The molecule has 142 valence electrons. The molecule has 0 aromatic heterocycles.